The molecule has 1 heterocycles. The maximum absolute atomic E-state index is 15.8. The summed E-state index contributed by atoms with van der Waals surface area (Å²) in [5, 5.41) is 29.1. The molecular formula is C76H93NO17. The van der Waals surface area contributed by atoms with Gasteiger partial charge in [0.15, 0.2) is 23.3 Å². The van der Waals surface area contributed by atoms with Gasteiger partial charge >= 0.3 is 29.8 Å². The van der Waals surface area contributed by atoms with Crippen LogP contribution in [-0.4, -0.2) is 125 Å². The molecule has 3 unspecified atom stereocenters. The van der Waals surface area contributed by atoms with Crippen LogP contribution in [0.3, 0.4) is 0 Å². The molecule has 0 bridgehead atoms. The number of aliphatic hydroxyl groups excluding tert-OH is 1. The lowest BCUT2D eigenvalue weighted by molar-refractivity contribution is -0.368. The Bertz CT molecular complexity index is 3470. The number of aliphatic hydroxyl groups is 2. The first-order valence-electron chi connectivity index (χ1n) is 32.8. The predicted octanol–water partition coefficient (Wildman–Crippen LogP) is 11.7. The fourth-order valence-corrected chi connectivity index (χ4v) is 15.0. The molecule has 0 radical (unpaired) electrons. The second-order valence-electron chi connectivity index (χ2n) is 26.6. The van der Waals surface area contributed by atoms with Crippen molar-refractivity contribution < 1.29 is 81.7 Å². The molecule has 4 aliphatic carbocycles. The minimum absolute atomic E-state index is 0.0487. The Morgan fingerprint density at radius 2 is 1.26 bits per heavy atom. The lowest BCUT2D eigenvalue weighted by Crippen LogP contribution is -2.88. The highest BCUT2D eigenvalue weighted by molar-refractivity contribution is 5.99. The number of nitrogens with one attached hydrogen (secondary N) is 1. The molecule has 0 spiro atoms. The van der Waals surface area contributed by atoms with Crippen molar-refractivity contribution in [1.29, 1.82) is 0 Å². The molecule has 504 valence electrons. The molecule has 5 aliphatic rings. The highest BCUT2D eigenvalue weighted by Crippen LogP contribution is 2.79. The lowest BCUT2D eigenvalue weighted by atomic mass is 9.29. The summed E-state index contributed by atoms with van der Waals surface area (Å²) in [6.07, 6.45) is 14.3. The van der Waals surface area contributed by atoms with E-state index in [9.17, 15) is 39.0 Å². The number of carbonyl (C=O) groups excluding carboxylic acids is 8. The van der Waals surface area contributed by atoms with Crippen molar-refractivity contribution in [3.05, 3.63) is 178 Å². The van der Waals surface area contributed by atoms with E-state index in [2.05, 4.69) is 69.5 Å². The number of hydrogen-bond acceptors (Lipinski definition) is 17. The van der Waals surface area contributed by atoms with Crippen molar-refractivity contribution in [2.45, 2.75) is 194 Å². The van der Waals surface area contributed by atoms with Crippen molar-refractivity contribution in [3.63, 3.8) is 0 Å². The molecule has 1 aliphatic heterocycles. The van der Waals surface area contributed by atoms with Gasteiger partial charge in [-0.05, 0) is 136 Å². The summed E-state index contributed by atoms with van der Waals surface area (Å²) in [4.78, 5) is 114. The number of carbonyl (C=O) groups is 8. The van der Waals surface area contributed by atoms with E-state index in [4.69, 9.17) is 33.2 Å². The van der Waals surface area contributed by atoms with E-state index < -0.39 is 143 Å². The van der Waals surface area contributed by atoms with Gasteiger partial charge in [-0.25, -0.2) is 14.4 Å². The van der Waals surface area contributed by atoms with E-state index in [0.29, 0.717) is 12.0 Å². The van der Waals surface area contributed by atoms with E-state index in [-0.39, 0.29) is 41.9 Å². The number of benzene rings is 3. The third kappa shape index (κ3) is 15.3. The van der Waals surface area contributed by atoms with Gasteiger partial charge in [-0.1, -0.05) is 138 Å². The number of amides is 1. The monoisotopic (exact) mass is 1290 g/mol. The zero-order valence-electron chi connectivity index (χ0n) is 56.0. The van der Waals surface area contributed by atoms with Crippen LogP contribution in [0.2, 0.25) is 0 Å². The van der Waals surface area contributed by atoms with Gasteiger partial charge in [0.25, 0.3) is 5.91 Å². The average molecular weight is 1290 g/mol. The summed E-state index contributed by atoms with van der Waals surface area (Å²) >= 11 is 0. The topological polar surface area (TPSA) is 254 Å². The van der Waals surface area contributed by atoms with E-state index >= 15 is 9.59 Å². The first-order chi connectivity index (χ1) is 44.7. The molecule has 1 amide bonds. The number of hydrogen-bond donors (Lipinski definition) is 3. The summed E-state index contributed by atoms with van der Waals surface area (Å²) < 4.78 is 41.8. The molecule has 3 aromatic rings. The van der Waals surface area contributed by atoms with Crippen molar-refractivity contribution in [1.82, 2.24) is 5.32 Å². The molecule has 12 atom stereocenters. The van der Waals surface area contributed by atoms with Crippen LogP contribution in [0.4, 0.5) is 0 Å². The molecular weight excluding hydrogens is 1200 g/mol. The molecule has 94 heavy (non-hydrogen) atoms. The minimum Gasteiger partial charge on any atom is -0.464 e. The fraction of sp³-hybridized carbons (Fsp3) is 0.500. The van der Waals surface area contributed by atoms with Gasteiger partial charge in [0, 0.05) is 62.5 Å². The van der Waals surface area contributed by atoms with E-state index in [0.717, 1.165) is 63.9 Å². The van der Waals surface area contributed by atoms with Crippen LogP contribution in [0.15, 0.2) is 161 Å². The third-order valence-electron chi connectivity index (χ3n) is 20.0. The maximum atomic E-state index is 15.8. The largest absolute Gasteiger partial charge is 0.464 e. The van der Waals surface area contributed by atoms with Crippen LogP contribution in [0.1, 0.15) is 179 Å². The number of ketones is 2. The average Bonchev–Trinajstić information content (AvgIpc) is 0.622. The molecule has 18 nitrogen and oxygen atoms in total. The van der Waals surface area contributed by atoms with Gasteiger partial charge in [0.05, 0.1) is 35.7 Å². The quantitative estimate of drug-likeness (QED) is 0.0178. The Hall–Kier alpha value is -7.90. The summed E-state index contributed by atoms with van der Waals surface area (Å²) in [6.45, 7) is 15.7. The Kier molecular flexibility index (Phi) is 23.8. The second kappa shape index (κ2) is 31.1. The molecule has 1 saturated heterocycles. The zero-order valence-corrected chi connectivity index (χ0v) is 56.0. The van der Waals surface area contributed by atoms with Crippen LogP contribution in [0.25, 0.3) is 0 Å². The predicted molar refractivity (Wildman–Crippen MR) is 351 cm³/mol. The minimum atomic E-state index is -2.20. The van der Waals surface area contributed by atoms with Crippen LogP contribution in [0.5, 0.6) is 0 Å². The van der Waals surface area contributed by atoms with Crippen LogP contribution >= 0.6 is 0 Å². The number of ether oxygens (including phenoxy) is 7. The molecule has 4 fully saturated rings. The molecule has 3 saturated carbocycles. The maximum Gasteiger partial charge on any atom is 0.350 e. The van der Waals surface area contributed by atoms with Gasteiger partial charge in [0.1, 0.15) is 31.0 Å². The number of rotatable bonds is 31. The highest BCUT2D eigenvalue weighted by Gasteiger charge is 2.88. The molecule has 3 aromatic carbocycles. The van der Waals surface area contributed by atoms with Crippen molar-refractivity contribution in [3.8, 4) is 0 Å². The van der Waals surface area contributed by atoms with Crippen molar-refractivity contribution in [2.24, 2.45) is 22.7 Å². The molecule has 0 aromatic heterocycles. The summed E-state index contributed by atoms with van der Waals surface area (Å²) in [5.74, 6) is -9.52. The van der Waals surface area contributed by atoms with Crippen LogP contribution in [-0.2, 0) is 61.9 Å². The normalized spacial score (nSPS) is 27.6. The number of fused-ring (bicyclic) bond motifs is 3. The van der Waals surface area contributed by atoms with Crippen LogP contribution < -0.4 is 5.32 Å². The van der Waals surface area contributed by atoms with Crippen molar-refractivity contribution >= 4 is 47.3 Å². The van der Waals surface area contributed by atoms with E-state index in [1.54, 1.807) is 97.9 Å². The highest BCUT2D eigenvalue weighted by atomic mass is 16.6. The number of unbranched alkanes of at least 4 members (excludes halogenated alkanes) is 2. The van der Waals surface area contributed by atoms with Gasteiger partial charge < -0.3 is 48.7 Å². The first kappa shape index (κ1) is 71.9. The number of allylic oxidation sites excluding steroid dienone is 9. The molecule has 18 heteroatoms. The Labute approximate surface area is 552 Å². The molecule has 3 N–H and O–H groups in total. The van der Waals surface area contributed by atoms with Gasteiger partial charge in [-0.3, -0.25) is 24.0 Å². The smallest absolute Gasteiger partial charge is 0.350 e. The second-order valence-corrected chi connectivity index (χ2v) is 26.6. The number of Topliss-reactive ketones (excluding diaryl/α,β-unsaturated/α-hetero) is 2. The fourth-order valence-electron chi connectivity index (χ4n) is 15.0. The Morgan fingerprint density at radius 1 is 0.691 bits per heavy atom. The summed E-state index contributed by atoms with van der Waals surface area (Å²) in [5.41, 5.74) is -3.52. The van der Waals surface area contributed by atoms with E-state index in [1.165, 1.54) is 37.5 Å². The first-order valence-corrected chi connectivity index (χ1v) is 32.8. The molecule has 8 rings (SSSR count). The zero-order chi connectivity index (χ0) is 68.2. The summed E-state index contributed by atoms with van der Waals surface area (Å²) in [6, 6.07) is 23.0. The Balaban J connectivity index is 0.989. The van der Waals surface area contributed by atoms with Crippen molar-refractivity contribution in [2.75, 3.05) is 26.4 Å². The lowest BCUT2D eigenvalue weighted by Gasteiger charge is -2.79. The van der Waals surface area contributed by atoms with Gasteiger partial charge in [-0.15, -0.1) is 0 Å². The SMILES string of the molecule is CC(=O)O[C@H]1C(=O)[C@@]2(C)[C@H](C(CC(=O)c3ccccc3)[C@]3(O)CC4(OC(=O)C(OC(=O)COCC(=O)OCC/C(C)=C/CC/C=C/CC/C=C(\C)CC/C=C(\C)CCC=C(C)C)[C@@H](NC(=O)c5ccccc5)c5ccccc5)C(C)=C1[C@@]43C)[C@]1(OC(C)=O)CO[C@@H]1C[C@@H]2O. The van der Waals surface area contributed by atoms with Crippen LogP contribution in [0, 0.1) is 22.7 Å². The standard InChI is InChI=1S/C76H93NO17/c1-48(2)28-26-31-50(4)33-27-32-49(3)29-18-13-11-12-14-19-30-51(5)40-41-89-62(82)44-88-45-63(83)92-67(65(56-36-22-16-23-37-56)77-70(85)57-38-24-17-25-39-57)71(86)94-76-46-75(87)58(42-59(80)55-34-20-15-21-35-55)68-72(9,60(81)43-61-74(68,47-90-61)93-54(8)79)69(84)66(91-53(7)78)64(52(76)6)73(75,76)10/h11-12,15-17,20-25,28-30,33-39,58,60-61,65-68,81,87H,13-14,18-19,26-27,31-32,40-47H2,1-10H3,(H,77,85)/b12-11+,49-29+,50-33+,51-30+/t58?,60-,61+,65-,66+,67?,68-,72+,73+,74-,75+,76?/m0/s1. The Morgan fingerprint density at radius 3 is 1.83 bits per heavy atom. The number of esters is 5. The van der Waals surface area contributed by atoms with E-state index in [1.807, 2.05) is 6.92 Å². The summed E-state index contributed by atoms with van der Waals surface area (Å²) in [7, 11) is 0. The third-order valence-corrected chi connectivity index (χ3v) is 20.0. The van der Waals surface area contributed by atoms with Gasteiger partial charge in [0.2, 0.25) is 6.10 Å². The van der Waals surface area contributed by atoms with Gasteiger partial charge in [-0.2, -0.15) is 0 Å².